The zero-order chi connectivity index (χ0) is 14.7. The van der Waals surface area contributed by atoms with Gasteiger partial charge in [-0.05, 0) is 37.7 Å². The molecule has 0 aliphatic rings. The van der Waals surface area contributed by atoms with E-state index in [1.54, 1.807) is 31.0 Å². The minimum Gasteiger partial charge on any atom is -0.460 e. The standard InChI is InChI=1S/C15H17FN2O2/c1-10-12(4-3-5-13(10)16)14-7-6-11(20-14)8-18(2)9-15(17)19/h3-7H,8-9H2,1-2H3,(H2,17,19). The number of nitrogens with two attached hydrogens (primary N) is 1. The Balaban J connectivity index is 2.17. The van der Waals surface area contributed by atoms with Gasteiger partial charge in [-0.15, -0.1) is 0 Å². The van der Waals surface area contributed by atoms with Crippen LogP contribution >= 0.6 is 0 Å². The number of furan rings is 1. The number of likely N-dealkylation sites (N-methyl/N-ethyl adjacent to an activating group) is 1. The molecular weight excluding hydrogens is 259 g/mol. The van der Waals surface area contributed by atoms with E-state index in [0.29, 0.717) is 23.6 Å². The predicted octanol–water partition coefficient (Wildman–Crippen LogP) is 2.31. The highest BCUT2D eigenvalue weighted by Crippen LogP contribution is 2.27. The maximum Gasteiger partial charge on any atom is 0.231 e. The minimum absolute atomic E-state index is 0.162. The molecule has 2 N–H and O–H groups in total. The second kappa shape index (κ2) is 5.88. The SMILES string of the molecule is Cc1c(F)cccc1-c1ccc(CN(C)CC(N)=O)o1. The molecule has 0 aliphatic heterocycles. The van der Waals surface area contributed by atoms with Crippen LogP contribution in [-0.2, 0) is 11.3 Å². The quantitative estimate of drug-likeness (QED) is 0.911. The van der Waals surface area contributed by atoms with Crippen LogP contribution in [0.4, 0.5) is 4.39 Å². The lowest BCUT2D eigenvalue weighted by atomic mass is 10.1. The van der Waals surface area contributed by atoms with Crippen molar-refractivity contribution >= 4 is 5.91 Å². The lowest BCUT2D eigenvalue weighted by Gasteiger charge is -2.12. The molecule has 4 nitrogen and oxygen atoms in total. The lowest BCUT2D eigenvalue weighted by Crippen LogP contribution is -2.30. The summed E-state index contributed by atoms with van der Waals surface area (Å²) >= 11 is 0. The molecular formula is C15H17FN2O2. The number of amides is 1. The molecule has 0 fully saturated rings. The molecule has 2 rings (SSSR count). The Labute approximate surface area is 117 Å². The van der Waals surface area contributed by atoms with E-state index in [1.807, 2.05) is 12.1 Å². The number of primary amides is 1. The molecule has 0 bridgehead atoms. The molecule has 2 aromatic rings. The number of rotatable bonds is 5. The van der Waals surface area contributed by atoms with Gasteiger partial charge in [0.15, 0.2) is 0 Å². The monoisotopic (exact) mass is 276 g/mol. The van der Waals surface area contributed by atoms with Gasteiger partial charge in [-0.25, -0.2) is 4.39 Å². The van der Waals surface area contributed by atoms with Crippen LogP contribution in [-0.4, -0.2) is 24.4 Å². The van der Waals surface area contributed by atoms with Crippen molar-refractivity contribution in [2.24, 2.45) is 5.73 Å². The molecule has 0 radical (unpaired) electrons. The molecule has 0 atom stereocenters. The van der Waals surface area contributed by atoms with Crippen LogP contribution in [0.15, 0.2) is 34.7 Å². The fraction of sp³-hybridized carbons (Fsp3) is 0.267. The van der Waals surface area contributed by atoms with Crippen LogP contribution in [0.25, 0.3) is 11.3 Å². The Kier molecular flexibility index (Phi) is 4.20. The molecule has 0 saturated carbocycles. The first-order valence-electron chi connectivity index (χ1n) is 6.28. The summed E-state index contributed by atoms with van der Waals surface area (Å²) < 4.78 is 19.2. The number of carbonyl (C=O) groups excluding carboxylic acids is 1. The predicted molar refractivity (Wildman–Crippen MR) is 74.4 cm³/mol. The van der Waals surface area contributed by atoms with E-state index in [1.165, 1.54) is 6.07 Å². The summed E-state index contributed by atoms with van der Waals surface area (Å²) in [7, 11) is 1.78. The zero-order valence-electron chi connectivity index (χ0n) is 11.5. The second-order valence-electron chi connectivity index (χ2n) is 4.82. The van der Waals surface area contributed by atoms with Gasteiger partial charge < -0.3 is 10.2 Å². The van der Waals surface area contributed by atoms with Crippen LogP contribution in [0, 0.1) is 12.7 Å². The number of halogens is 1. The topological polar surface area (TPSA) is 59.5 Å². The molecule has 20 heavy (non-hydrogen) atoms. The van der Waals surface area contributed by atoms with Crippen LogP contribution < -0.4 is 5.73 Å². The third-order valence-corrected chi connectivity index (χ3v) is 3.05. The summed E-state index contributed by atoms with van der Waals surface area (Å²) in [5, 5.41) is 0. The first kappa shape index (κ1) is 14.3. The smallest absolute Gasteiger partial charge is 0.231 e. The van der Waals surface area contributed by atoms with Crippen molar-refractivity contribution in [3.63, 3.8) is 0 Å². The van der Waals surface area contributed by atoms with Crippen LogP contribution in [0.5, 0.6) is 0 Å². The Hall–Kier alpha value is -2.14. The number of nitrogens with zero attached hydrogens (tertiary/aromatic N) is 1. The first-order valence-corrected chi connectivity index (χ1v) is 6.28. The number of hydrogen-bond acceptors (Lipinski definition) is 3. The first-order chi connectivity index (χ1) is 9.47. The van der Waals surface area contributed by atoms with Gasteiger partial charge in [-0.3, -0.25) is 9.69 Å². The maximum atomic E-state index is 13.5. The van der Waals surface area contributed by atoms with Crippen molar-refractivity contribution in [2.45, 2.75) is 13.5 Å². The Morgan fingerprint density at radius 3 is 2.80 bits per heavy atom. The molecule has 0 aliphatic carbocycles. The van der Waals surface area contributed by atoms with Crippen molar-refractivity contribution in [3.05, 3.63) is 47.5 Å². The van der Waals surface area contributed by atoms with E-state index in [9.17, 15) is 9.18 Å². The summed E-state index contributed by atoms with van der Waals surface area (Å²) in [4.78, 5) is 12.6. The van der Waals surface area contributed by atoms with Gasteiger partial charge in [0.05, 0.1) is 13.1 Å². The number of benzene rings is 1. The van der Waals surface area contributed by atoms with Gasteiger partial charge in [-0.1, -0.05) is 12.1 Å². The normalized spacial score (nSPS) is 11.0. The van der Waals surface area contributed by atoms with Gasteiger partial charge in [0.1, 0.15) is 17.3 Å². The van der Waals surface area contributed by atoms with Gasteiger partial charge >= 0.3 is 0 Å². The van der Waals surface area contributed by atoms with Gasteiger partial charge in [0, 0.05) is 5.56 Å². The van der Waals surface area contributed by atoms with E-state index >= 15 is 0 Å². The lowest BCUT2D eigenvalue weighted by molar-refractivity contribution is -0.119. The summed E-state index contributed by atoms with van der Waals surface area (Å²) in [5.41, 5.74) is 6.41. The molecule has 106 valence electrons. The number of hydrogen-bond donors (Lipinski definition) is 1. The maximum absolute atomic E-state index is 13.5. The highest BCUT2D eigenvalue weighted by Gasteiger charge is 2.11. The minimum atomic E-state index is -0.389. The van der Waals surface area contributed by atoms with Gasteiger partial charge in [0.25, 0.3) is 0 Å². The number of carbonyl (C=O) groups is 1. The second-order valence-corrected chi connectivity index (χ2v) is 4.82. The molecule has 0 spiro atoms. The highest BCUT2D eigenvalue weighted by molar-refractivity contribution is 5.75. The third-order valence-electron chi connectivity index (χ3n) is 3.05. The fourth-order valence-corrected chi connectivity index (χ4v) is 2.07. The van der Waals surface area contributed by atoms with Crippen molar-refractivity contribution in [2.75, 3.05) is 13.6 Å². The van der Waals surface area contributed by atoms with Crippen LogP contribution in [0.2, 0.25) is 0 Å². The van der Waals surface area contributed by atoms with Crippen LogP contribution in [0.3, 0.4) is 0 Å². The Bertz CT molecular complexity index is 622. The molecule has 0 saturated heterocycles. The van der Waals surface area contributed by atoms with Crippen molar-refractivity contribution in [1.82, 2.24) is 4.90 Å². The Morgan fingerprint density at radius 1 is 1.35 bits per heavy atom. The summed E-state index contributed by atoms with van der Waals surface area (Å²) in [6.07, 6.45) is 0. The van der Waals surface area contributed by atoms with Crippen molar-refractivity contribution in [3.8, 4) is 11.3 Å². The van der Waals surface area contributed by atoms with Crippen molar-refractivity contribution < 1.29 is 13.6 Å². The van der Waals surface area contributed by atoms with Crippen molar-refractivity contribution in [1.29, 1.82) is 0 Å². The molecule has 1 heterocycles. The van der Waals surface area contributed by atoms with E-state index in [-0.39, 0.29) is 18.3 Å². The fourth-order valence-electron chi connectivity index (χ4n) is 2.07. The molecule has 1 aromatic heterocycles. The third kappa shape index (κ3) is 3.24. The molecule has 1 amide bonds. The molecule has 0 unspecified atom stereocenters. The summed E-state index contributed by atoms with van der Waals surface area (Å²) in [6, 6.07) is 8.50. The van der Waals surface area contributed by atoms with Crippen LogP contribution in [0.1, 0.15) is 11.3 Å². The average molecular weight is 276 g/mol. The molecule has 1 aromatic carbocycles. The van der Waals surface area contributed by atoms with E-state index in [2.05, 4.69) is 0 Å². The summed E-state index contributed by atoms with van der Waals surface area (Å²) in [5.74, 6) is 0.670. The zero-order valence-corrected chi connectivity index (χ0v) is 11.5. The average Bonchev–Trinajstić information content (AvgIpc) is 2.79. The van der Waals surface area contributed by atoms with Gasteiger partial charge in [0.2, 0.25) is 5.91 Å². The van der Waals surface area contributed by atoms with Gasteiger partial charge in [-0.2, -0.15) is 0 Å². The summed E-state index contributed by atoms with van der Waals surface area (Å²) in [6.45, 7) is 2.35. The molecule has 5 heteroatoms. The van der Waals surface area contributed by atoms with E-state index < -0.39 is 0 Å². The van der Waals surface area contributed by atoms with E-state index in [0.717, 1.165) is 5.56 Å². The highest BCUT2D eigenvalue weighted by atomic mass is 19.1. The largest absolute Gasteiger partial charge is 0.460 e. The van der Waals surface area contributed by atoms with E-state index in [4.69, 9.17) is 10.2 Å². The Morgan fingerprint density at radius 2 is 2.10 bits per heavy atom.